The van der Waals surface area contributed by atoms with E-state index in [0.29, 0.717) is 23.7 Å². The highest BCUT2D eigenvalue weighted by molar-refractivity contribution is 9.09. The number of hydrogen-bond acceptors (Lipinski definition) is 1. The molecule has 0 saturated carbocycles. The summed E-state index contributed by atoms with van der Waals surface area (Å²) in [5.74, 6) is -0.0822. The van der Waals surface area contributed by atoms with Gasteiger partial charge < -0.3 is 0 Å². The minimum Gasteiger partial charge on any atom is -0.298 e. The van der Waals surface area contributed by atoms with Gasteiger partial charge in [0.2, 0.25) is 0 Å². The van der Waals surface area contributed by atoms with Gasteiger partial charge >= 0.3 is 0 Å². The zero-order valence-corrected chi connectivity index (χ0v) is 9.60. The standard InChI is InChI=1S/C11H12BrFO/c1-2-9-5-8(3-4-11(9)13)6-10(14)7-12/h3-5H,2,6-7H2,1H3. The number of alkyl halides is 1. The molecule has 0 atom stereocenters. The summed E-state index contributed by atoms with van der Waals surface area (Å²) in [5.41, 5.74) is 1.55. The van der Waals surface area contributed by atoms with Crippen LogP contribution in [0.1, 0.15) is 18.1 Å². The maximum atomic E-state index is 13.1. The monoisotopic (exact) mass is 258 g/mol. The zero-order chi connectivity index (χ0) is 10.6. The normalized spacial score (nSPS) is 10.2. The van der Waals surface area contributed by atoms with Crippen molar-refractivity contribution in [2.45, 2.75) is 19.8 Å². The SMILES string of the molecule is CCc1cc(CC(=O)CBr)ccc1F. The number of Topliss-reactive ketones (excluding diaryl/α,β-unsaturated/α-hetero) is 1. The summed E-state index contributed by atoms with van der Waals surface area (Å²) >= 11 is 3.10. The first kappa shape index (κ1) is 11.4. The Morgan fingerprint density at radius 3 is 2.79 bits per heavy atom. The molecule has 0 aliphatic carbocycles. The van der Waals surface area contributed by atoms with E-state index >= 15 is 0 Å². The molecule has 0 heterocycles. The molecular formula is C11H12BrFO. The first-order valence-corrected chi connectivity index (χ1v) is 5.64. The van der Waals surface area contributed by atoms with E-state index in [1.54, 1.807) is 12.1 Å². The molecule has 0 aliphatic rings. The molecule has 76 valence electrons. The maximum absolute atomic E-state index is 13.1. The molecule has 0 unspecified atom stereocenters. The molecule has 14 heavy (non-hydrogen) atoms. The van der Waals surface area contributed by atoms with Crippen molar-refractivity contribution in [1.29, 1.82) is 0 Å². The average Bonchev–Trinajstić information content (AvgIpc) is 2.20. The van der Waals surface area contributed by atoms with E-state index in [1.807, 2.05) is 6.92 Å². The van der Waals surface area contributed by atoms with Crippen molar-refractivity contribution in [2.24, 2.45) is 0 Å². The highest BCUT2D eigenvalue weighted by atomic mass is 79.9. The molecule has 0 saturated heterocycles. The fraction of sp³-hybridized carbons (Fsp3) is 0.364. The summed E-state index contributed by atoms with van der Waals surface area (Å²) < 4.78 is 13.1. The summed E-state index contributed by atoms with van der Waals surface area (Å²) in [4.78, 5) is 11.1. The van der Waals surface area contributed by atoms with Gasteiger partial charge in [0.15, 0.2) is 0 Å². The fourth-order valence-corrected chi connectivity index (χ4v) is 1.48. The number of halogens is 2. The highest BCUT2D eigenvalue weighted by Gasteiger charge is 2.05. The van der Waals surface area contributed by atoms with Crippen molar-refractivity contribution in [3.05, 3.63) is 35.1 Å². The predicted octanol–water partition coefficient (Wildman–Crippen LogP) is 2.89. The van der Waals surface area contributed by atoms with Gasteiger partial charge in [0.05, 0.1) is 5.33 Å². The Morgan fingerprint density at radius 2 is 2.21 bits per heavy atom. The van der Waals surface area contributed by atoms with E-state index in [0.717, 1.165) is 5.56 Å². The Bertz CT molecular complexity index is 336. The quantitative estimate of drug-likeness (QED) is 0.760. The van der Waals surface area contributed by atoms with E-state index < -0.39 is 0 Å². The molecule has 1 rings (SSSR count). The summed E-state index contributed by atoms with van der Waals surface area (Å²) in [6, 6.07) is 4.85. The van der Waals surface area contributed by atoms with Gasteiger partial charge in [0, 0.05) is 6.42 Å². The van der Waals surface area contributed by atoms with Crippen LogP contribution in [0.25, 0.3) is 0 Å². The van der Waals surface area contributed by atoms with Crippen LogP contribution in [-0.2, 0) is 17.6 Å². The molecule has 1 aromatic carbocycles. The van der Waals surface area contributed by atoms with Crippen LogP contribution in [0.3, 0.4) is 0 Å². The first-order valence-electron chi connectivity index (χ1n) is 4.52. The van der Waals surface area contributed by atoms with Gasteiger partial charge in [-0.1, -0.05) is 35.0 Å². The third-order valence-electron chi connectivity index (χ3n) is 2.04. The fourth-order valence-electron chi connectivity index (χ4n) is 1.28. The second-order valence-electron chi connectivity index (χ2n) is 3.13. The van der Waals surface area contributed by atoms with E-state index in [-0.39, 0.29) is 11.6 Å². The van der Waals surface area contributed by atoms with Crippen molar-refractivity contribution in [3.63, 3.8) is 0 Å². The van der Waals surface area contributed by atoms with Crippen molar-refractivity contribution in [1.82, 2.24) is 0 Å². The van der Waals surface area contributed by atoms with Gasteiger partial charge in [-0.25, -0.2) is 4.39 Å². The summed E-state index contributed by atoms with van der Waals surface area (Å²) in [6.45, 7) is 1.90. The third kappa shape index (κ3) is 2.91. The van der Waals surface area contributed by atoms with Gasteiger partial charge in [0.25, 0.3) is 0 Å². The Labute approximate surface area is 91.5 Å². The third-order valence-corrected chi connectivity index (χ3v) is 2.67. The van der Waals surface area contributed by atoms with Gasteiger partial charge in [-0.05, 0) is 23.6 Å². The summed E-state index contributed by atoms with van der Waals surface area (Å²) in [5, 5.41) is 0.353. The molecule has 1 nitrogen and oxygen atoms in total. The molecule has 0 amide bonds. The van der Waals surface area contributed by atoms with Crippen LogP contribution in [0, 0.1) is 5.82 Å². The van der Waals surface area contributed by atoms with Crippen LogP contribution >= 0.6 is 15.9 Å². The summed E-state index contributed by atoms with van der Waals surface area (Å²) in [7, 11) is 0. The highest BCUT2D eigenvalue weighted by Crippen LogP contribution is 2.12. The number of ketones is 1. The first-order chi connectivity index (χ1) is 6.67. The molecule has 0 bridgehead atoms. The second kappa shape index (κ2) is 5.25. The van der Waals surface area contributed by atoms with Crippen molar-refractivity contribution < 1.29 is 9.18 Å². The van der Waals surface area contributed by atoms with E-state index in [4.69, 9.17) is 0 Å². The molecule has 3 heteroatoms. The van der Waals surface area contributed by atoms with Crippen LogP contribution < -0.4 is 0 Å². The van der Waals surface area contributed by atoms with Gasteiger partial charge in [-0.2, -0.15) is 0 Å². The van der Waals surface area contributed by atoms with E-state index in [9.17, 15) is 9.18 Å². The number of benzene rings is 1. The minimum atomic E-state index is -0.192. The summed E-state index contributed by atoms with van der Waals surface area (Å²) in [6.07, 6.45) is 1.03. The molecule has 0 spiro atoms. The second-order valence-corrected chi connectivity index (χ2v) is 3.69. The van der Waals surface area contributed by atoms with Gasteiger partial charge in [-0.15, -0.1) is 0 Å². The number of rotatable bonds is 4. The molecule has 0 radical (unpaired) electrons. The van der Waals surface area contributed by atoms with Crippen molar-refractivity contribution in [2.75, 3.05) is 5.33 Å². The average molecular weight is 259 g/mol. The van der Waals surface area contributed by atoms with Gasteiger partial charge in [-0.3, -0.25) is 4.79 Å². The lowest BCUT2D eigenvalue weighted by molar-refractivity contribution is -0.115. The number of aryl methyl sites for hydroxylation is 1. The number of carbonyl (C=O) groups excluding carboxylic acids is 1. The Kier molecular flexibility index (Phi) is 4.26. The lowest BCUT2D eigenvalue weighted by Gasteiger charge is -2.03. The number of carbonyl (C=O) groups is 1. The predicted molar refractivity (Wildman–Crippen MR) is 58.3 cm³/mol. The number of hydrogen-bond donors (Lipinski definition) is 0. The van der Waals surface area contributed by atoms with Crippen LogP contribution in [0.5, 0.6) is 0 Å². The topological polar surface area (TPSA) is 17.1 Å². The molecular weight excluding hydrogens is 247 g/mol. The van der Waals surface area contributed by atoms with E-state index in [1.165, 1.54) is 6.07 Å². The molecule has 0 aliphatic heterocycles. The van der Waals surface area contributed by atoms with Gasteiger partial charge in [0.1, 0.15) is 11.6 Å². The zero-order valence-electron chi connectivity index (χ0n) is 8.02. The van der Waals surface area contributed by atoms with Crippen LogP contribution in [0.4, 0.5) is 4.39 Å². The van der Waals surface area contributed by atoms with Crippen molar-refractivity contribution in [3.8, 4) is 0 Å². The van der Waals surface area contributed by atoms with E-state index in [2.05, 4.69) is 15.9 Å². The Hall–Kier alpha value is -0.700. The van der Waals surface area contributed by atoms with Crippen LogP contribution in [0.2, 0.25) is 0 Å². The lowest BCUT2D eigenvalue weighted by Crippen LogP contribution is -2.04. The lowest BCUT2D eigenvalue weighted by atomic mass is 10.0. The molecule has 0 fully saturated rings. The molecule has 0 aromatic heterocycles. The van der Waals surface area contributed by atoms with Crippen LogP contribution in [-0.4, -0.2) is 11.1 Å². The molecule has 0 N–H and O–H groups in total. The minimum absolute atomic E-state index is 0.110. The maximum Gasteiger partial charge on any atom is 0.147 e. The molecule has 1 aromatic rings. The van der Waals surface area contributed by atoms with Crippen molar-refractivity contribution >= 4 is 21.7 Å². The van der Waals surface area contributed by atoms with Crippen LogP contribution in [0.15, 0.2) is 18.2 Å². The Morgan fingerprint density at radius 1 is 1.50 bits per heavy atom. The Balaban J connectivity index is 2.84. The smallest absolute Gasteiger partial charge is 0.147 e. The largest absolute Gasteiger partial charge is 0.298 e.